The average molecular weight is 276 g/mol. The lowest BCUT2D eigenvalue weighted by molar-refractivity contribution is 0.0884. The molecule has 0 aliphatic carbocycles. The Morgan fingerprint density at radius 1 is 1.45 bits per heavy atom. The third-order valence-corrected chi connectivity index (χ3v) is 4.88. The lowest BCUT2D eigenvalue weighted by Gasteiger charge is -2.25. The van der Waals surface area contributed by atoms with Crippen LogP contribution in [0.2, 0.25) is 0 Å². The summed E-state index contributed by atoms with van der Waals surface area (Å²) in [5, 5.41) is 0. The molecule has 0 aromatic carbocycles. The molecule has 1 aromatic rings. The number of hydrogen-bond acceptors (Lipinski definition) is 4. The first-order valence-electron chi connectivity index (χ1n) is 7.50. The number of methoxy groups -OCH3 is 1. The number of hydrogen-bond donors (Lipinski definition) is 1. The highest BCUT2D eigenvalue weighted by molar-refractivity contribution is 5.41. The van der Waals surface area contributed by atoms with Crippen LogP contribution in [0.4, 0.5) is 0 Å². The molecular formula is C16H24N2O2. The van der Waals surface area contributed by atoms with Gasteiger partial charge in [0, 0.05) is 41.4 Å². The molecule has 0 saturated carbocycles. The van der Waals surface area contributed by atoms with Crippen LogP contribution in [-0.4, -0.2) is 30.3 Å². The van der Waals surface area contributed by atoms with E-state index in [-0.39, 0.29) is 6.04 Å². The van der Waals surface area contributed by atoms with Crippen LogP contribution in [0.25, 0.3) is 0 Å². The first kappa shape index (κ1) is 13.8. The molecule has 2 N–H and O–H groups in total. The molecule has 4 atom stereocenters. The molecule has 3 heterocycles. The van der Waals surface area contributed by atoms with E-state index in [2.05, 4.69) is 11.9 Å². The molecule has 2 aliphatic heterocycles. The monoisotopic (exact) mass is 276 g/mol. The number of fused-ring (bicyclic) bond motifs is 2. The Morgan fingerprint density at radius 2 is 2.25 bits per heavy atom. The Kier molecular flexibility index (Phi) is 3.69. The summed E-state index contributed by atoms with van der Waals surface area (Å²) < 4.78 is 11.4. The predicted octanol–water partition coefficient (Wildman–Crippen LogP) is 2.14. The molecule has 2 aliphatic rings. The van der Waals surface area contributed by atoms with E-state index in [1.807, 2.05) is 13.1 Å². The summed E-state index contributed by atoms with van der Waals surface area (Å²) >= 11 is 0. The van der Waals surface area contributed by atoms with E-state index in [1.54, 1.807) is 7.11 Å². The van der Waals surface area contributed by atoms with Crippen molar-refractivity contribution in [2.24, 2.45) is 11.7 Å². The zero-order chi connectivity index (χ0) is 14.3. The lowest BCUT2D eigenvalue weighted by atomic mass is 9.82. The molecule has 1 aromatic heterocycles. The molecule has 0 amide bonds. The van der Waals surface area contributed by atoms with Gasteiger partial charge in [0.2, 0.25) is 0 Å². The van der Waals surface area contributed by atoms with Crippen LogP contribution in [0, 0.1) is 19.8 Å². The zero-order valence-electron chi connectivity index (χ0n) is 12.6. The van der Waals surface area contributed by atoms with Crippen molar-refractivity contribution in [3.63, 3.8) is 0 Å². The second-order valence-corrected chi connectivity index (χ2v) is 6.19. The van der Waals surface area contributed by atoms with Crippen molar-refractivity contribution in [2.45, 2.75) is 57.8 Å². The maximum absolute atomic E-state index is 6.44. The number of nitrogens with zero attached hydrogens (tertiary/aromatic N) is 1. The fraction of sp³-hybridized carbons (Fsp3) is 0.688. The minimum absolute atomic E-state index is 0.129. The largest absolute Gasteiger partial charge is 0.496 e. The van der Waals surface area contributed by atoms with Crippen molar-refractivity contribution in [3.8, 4) is 5.75 Å². The van der Waals surface area contributed by atoms with E-state index in [0.717, 1.165) is 35.4 Å². The summed E-state index contributed by atoms with van der Waals surface area (Å²) in [5.74, 6) is 1.42. The van der Waals surface area contributed by atoms with Gasteiger partial charge >= 0.3 is 0 Å². The van der Waals surface area contributed by atoms with Gasteiger partial charge in [-0.05, 0) is 33.1 Å². The molecule has 110 valence electrons. The fourth-order valence-electron chi connectivity index (χ4n) is 3.78. The van der Waals surface area contributed by atoms with Crippen molar-refractivity contribution < 1.29 is 9.47 Å². The predicted molar refractivity (Wildman–Crippen MR) is 77.9 cm³/mol. The number of pyridine rings is 1. The van der Waals surface area contributed by atoms with Gasteiger partial charge in [0.1, 0.15) is 5.75 Å². The Balaban J connectivity index is 1.74. The van der Waals surface area contributed by atoms with Crippen molar-refractivity contribution in [1.29, 1.82) is 0 Å². The number of aromatic nitrogens is 1. The number of aryl methyl sites for hydroxylation is 1. The lowest BCUT2D eigenvalue weighted by Crippen LogP contribution is -2.38. The van der Waals surface area contributed by atoms with Gasteiger partial charge in [-0.3, -0.25) is 4.98 Å². The Hall–Kier alpha value is -1.13. The summed E-state index contributed by atoms with van der Waals surface area (Å²) in [4.78, 5) is 4.56. The van der Waals surface area contributed by atoms with Crippen LogP contribution in [0.1, 0.15) is 36.1 Å². The highest BCUT2D eigenvalue weighted by Gasteiger charge is 2.43. The molecule has 2 saturated heterocycles. The Morgan fingerprint density at radius 3 is 2.85 bits per heavy atom. The highest BCUT2D eigenvalue weighted by atomic mass is 16.5. The van der Waals surface area contributed by atoms with Gasteiger partial charge in [0.15, 0.2) is 0 Å². The number of ether oxygens (including phenoxy) is 2. The molecule has 2 fully saturated rings. The second-order valence-electron chi connectivity index (χ2n) is 6.19. The van der Waals surface area contributed by atoms with Crippen molar-refractivity contribution >= 4 is 0 Å². The Bertz CT molecular complexity index is 503. The summed E-state index contributed by atoms with van der Waals surface area (Å²) in [5.41, 5.74) is 9.69. The van der Waals surface area contributed by atoms with Crippen LogP contribution in [0.3, 0.4) is 0 Å². The van der Waals surface area contributed by atoms with Gasteiger partial charge in [-0.15, -0.1) is 0 Å². The van der Waals surface area contributed by atoms with E-state index < -0.39 is 0 Å². The first-order valence-corrected chi connectivity index (χ1v) is 7.50. The molecule has 20 heavy (non-hydrogen) atoms. The third-order valence-electron chi connectivity index (χ3n) is 4.88. The smallest absolute Gasteiger partial charge is 0.128 e. The molecule has 4 heteroatoms. The molecule has 0 radical (unpaired) electrons. The van der Waals surface area contributed by atoms with Crippen molar-refractivity contribution in [3.05, 3.63) is 23.0 Å². The molecule has 0 spiro atoms. The van der Waals surface area contributed by atoms with Crippen LogP contribution >= 0.6 is 0 Å². The zero-order valence-corrected chi connectivity index (χ0v) is 12.6. The van der Waals surface area contributed by atoms with Gasteiger partial charge in [0.25, 0.3) is 0 Å². The number of rotatable bonds is 4. The van der Waals surface area contributed by atoms with Gasteiger partial charge in [-0.2, -0.15) is 0 Å². The standard InChI is InChI=1S/C16H24N2O2/c1-9-8-18-14(10(2)16(9)19-3)7-13(17)12-6-11-4-5-15(12)20-11/h8,11-13,15H,4-7,17H2,1-3H3. The fourth-order valence-corrected chi connectivity index (χ4v) is 3.78. The van der Waals surface area contributed by atoms with E-state index in [9.17, 15) is 0 Å². The van der Waals surface area contributed by atoms with E-state index in [0.29, 0.717) is 18.1 Å². The molecular weight excluding hydrogens is 252 g/mol. The minimum atomic E-state index is 0.129. The summed E-state index contributed by atoms with van der Waals surface area (Å²) in [6.45, 7) is 4.09. The number of nitrogens with two attached hydrogens (primary N) is 1. The van der Waals surface area contributed by atoms with Crippen molar-refractivity contribution in [2.75, 3.05) is 7.11 Å². The molecule has 4 nitrogen and oxygen atoms in total. The Labute approximate surface area is 120 Å². The summed E-state index contributed by atoms with van der Waals surface area (Å²) in [7, 11) is 1.71. The van der Waals surface area contributed by atoms with Gasteiger partial charge < -0.3 is 15.2 Å². The topological polar surface area (TPSA) is 57.4 Å². The maximum Gasteiger partial charge on any atom is 0.128 e. The van der Waals surface area contributed by atoms with Crippen molar-refractivity contribution in [1.82, 2.24) is 4.98 Å². The van der Waals surface area contributed by atoms with Gasteiger partial charge in [-0.25, -0.2) is 0 Å². The van der Waals surface area contributed by atoms with E-state index >= 15 is 0 Å². The average Bonchev–Trinajstić information content (AvgIpc) is 3.05. The maximum atomic E-state index is 6.44. The summed E-state index contributed by atoms with van der Waals surface area (Å²) in [6, 6.07) is 0.129. The van der Waals surface area contributed by atoms with E-state index in [1.165, 1.54) is 12.8 Å². The first-order chi connectivity index (χ1) is 9.60. The molecule has 2 bridgehead atoms. The second kappa shape index (κ2) is 5.34. The van der Waals surface area contributed by atoms with Crippen LogP contribution < -0.4 is 10.5 Å². The normalized spacial score (nSPS) is 29.7. The highest BCUT2D eigenvalue weighted by Crippen LogP contribution is 2.40. The third kappa shape index (κ3) is 2.31. The van der Waals surface area contributed by atoms with Crippen LogP contribution in [0.15, 0.2) is 6.20 Å². The molecule has 4 unspecified atom stereocenters. The van der Waals surface area contributed by atoms with Gasteiger partial charge in [0.05, 0.1) is 19.3 Å². The minimum Gasteiger partial charge on any atom is -0.496 e. The van der Waals surface area contributed by atoms with Gasteiger partial charge in [-0.1, -0.05) is 0 Å². The SMILES string of the molecule is COc1c(C)cnc(CC(N)C2CC3CCC2O3)c1C. The summed E-state index contributed by atoms with van der Waals surface area (Å²) in [6.07, 6.45) is 7.02. The van der Waals surface area contributed by atoms with E-state index in [4.69, 9.17) is 15.2 Å². The quantitative estimate of drug-likeness (QED) is 0.915. The van der Waals surface area contributed by atoms with Crippen LogP contribution in [0.5, 0.6) is 5.75 Å². The molecule has 3 rings (SSSR count). The van der Waals surface area contributed by atoms with Crippen LogP contribution in [-0.2, 0) is 11.2 Å².